The van der Waals surface area contributed by atoms with Crippen LogP contribution in [0, 0.1) is 11.3 Å². The summed E-state index contributed by atoms with van der Waals surface area (Å²) in [5.41, 5.74) is 0.960. The molecule has 0 aliphatic heterocycles. The monoisotopic (exact) mass is 435 g/mol. The molecule has 0 spiro atoms. The quantitative estimate of drug-likeness (QED) is 0.425. The van der Waals surface area contributed by atoms with Crippen molar-refractivity contribution < 1.29 is 19.5 Å². The summed E-state index contributed by atoms with van der Waals surface area (Å²) >= 11 is 0. The van der Waals surface area contributed by atoms with E-state index in [1.165, 1.54) is 24.7 Å². The highest BCUT2D eigenvalue weighted by Crippen LogP contribution is 2.14. The van der Waals surface area contributed by atoms with Crippen molar-refractivity contribution in [2.75, 3.05) is 0 Å². The van der Waals surface area contributed by atoms with E-state index in [0.717, 1.165) is 5.56 Å². The summed E-state index contributed by atoms with van der Waals surface area (Å²) in [5.74, 6) is -2.25. The van der Waals surface area contributed by atoms with Crippen LogP contribution in [0.4, 0.5) is 0 Å². The van der Waals surface area contributed by atoms with Gasteiger partial charge in [0, 0.05) is 17.9 Å². The second kappa shape index (κ2) is 10.8. The number of aliphatic carboxylic acids is 1. The van der Waals surface area contributed by atoms with Crippen LogP contribution in [0.15, 0.2) is 48.4 Å². The number of carbonyl (C=O) groups excluding carboxylic acids is 2. The number of hydrogen-bond acceptors (Lipinski definition) is 6. The summed E-state index contributed by atoms with van der Waals surface area (Å²) in [4.78, 5) is 43.7. The number of carboxylic acid groups (broad SMARTS) is 1. The third kappa shape index (κ3) is 7.65. The number of nitriles is 1. The molecule has 0 saturated carbocycles. The van der Waals surface area contributed by atoms with Gasteiger partial charge in [-0.25, -0.2) is 9.78 Å². The maximum atomic E-state index is 12.3. The highest BCUT2D eigenvalue weighted by atomic mass is 16.4. The van der Waals surface area contributed by atoms with Crippen molar-refractivity contribution in [1.82, 2.24) is 20.6 Å². The van der Waals surface area contributed by atoms with Gasteiger partial charge in [0.1, 0.15) is 23.4 Å². The molecule has 2 amide bonds. The largest absolute Gasteiger partial charge is 0.480 e. The number of carbonyl (C=O) groups is 3. The molecule has 0 bridgehead atoms. The highest BCUT2D eigenvalue weighted by Gasteiger charge is 2.21. The molecule has 2 aromatic rings. The Hall–Kier alpha value is -4.06. The van der Waals surface area contributed by atoms with E-state index < -0.39 is 29.4 Å². The number of benzene rings is 1. The zero-order chi connectivity index (χ0) is 23.7. The van der Waals surface area contributed by atoms with Gasteiger partial charge in [0.25, 0.3) is 11.8 Å². The van der Waals surface area contributed by atoms with E-state index in [2.05, 4.69) is 20.6 Å². The smallest absolute Gasteiger partial charge is 0.326 e. The molecule has 1 aromatic heterocycles. The summed E-state index contributed by atoms with van der Waals surface area (Å²) in [5, 5.41) is 24.0. The SMILES string of the molecule is CC(C)(C)NC(=O)C(C#N)=Cc1cccc(CC[C@@H](NC(=O)c2cnccn2)C(=O)O)c1. The van der Waals surface area contributed by atoms with Crippen molar-refractivity contribution in [2.24, 2.45) is 0 Å². The zero-order valence-electron chi connectivity index (χ0n) is 18.1. The standard InChI is InChI=1S/C23H25N5O4/c1-23(2,3)28-20(29)17(13-24)12-16-6-4-5-15(11-16)7-8-18(22(31)32)27-21(30)19-14-25-9-10-26-19/h4-6,9-12,14,18H,7-8H2,1-3H3,(H,27,30)(H,28,29)(H,31,32)/t18-/m1/s1. The normalized spacial score (nSPS) is 12.4. The van der Waals surface area contributed by atoms with E-state index in [1.807, 2.05) is 32.9 Å². The molecule has 9 heteroatoms. The minimum absolute atomic E-state index is 0.0308. The first kappa shape index (κ1) is 24.2. The molecular formula is C23H25N5O4. The zero-order valence-corrected chi connectivity index (χ0v) is 18.1. The molecular weight excluding hydrogens is 410 g/mol. The second-order valence-corrected chi connectivity index (χ2v) is 8.11. The van der Waals surface area contributed by atoms with Gasteiger partial charge in [-0.3, -0.25) is 14.6 Å². The first-order chi connectivity index (χ1) is 15.1. The first-order valence-corrected chi connectivity index (χ1v) is 9.92. The van der Waals surface area contributed by atoms with Crippen LogP contribution in [-0.4, -0.2) is 44.4 Å². The number of aryl methyl sites for hydroxylation is 1. The Kier molecular flexibility index (Phi) is 8.18. The van der Waals surface area contributed by atoms with Gasteiger partial charge in [0.05, 0.1) is 6.20 Å². The predicted octanol–water partition coefficient (Wildman–Crippen LogP) is 2.11. The third-order valence-corrected chi connectivity index (χ3v) is 4.24. The molecule has 0 saturated heterocycles. The van der Waals surface area contributed by atoms with Gasteiger partial charge in [0.2, 0.25) is 0 Å². The molecule has 0 aliphatic rings. The lowest BCUT2D eigenvalue weighted by Gasteiger charge is -2.20. The predicted molar refractivity (Wildman–Crippen MR) is 117 cm³/mol. The fourth-order valence-corrected chi connectivity index (χ4v) is 2.78. The molecule has 0 unspecified atom stereocenters. The molecule has 0 radical (unpaired) electrons. The van der Waals surface area contributed by atoms with E-state index in [4.69, 9.17) is 0 Å². The minimum Gasteiger partial charge on any atom is -0.480 e. The molecule has 9 nitrogen and oxygen atoms in total. The summed E-state index contributed by atoms with van der Waals surface area (Å²) in [6, 6.07) is 7.87. The van der Waals surface area contributed by atoms with Crippen molar-refractivity contribution in [3.05, 3.63) is 65.2 Å². The van der Waals surface area contributed by atoms with Gasteiger partial charge in [-0.15, -0.1) is 0 Å². The molecule has 2 rings (SSSR count). The number of hydrogen-bond donors (Lipinski definition) is 3. The molecule has 0 fully saturated rings. The summed E-state index contributed by atoms with van der Waals surface area (Å²) in [7, 11) is 0. The van der Waals surface area contributed by atoms with Gasteiger partial charge in [0.15, 0.2) is 0 Å². The van der Waals surface area contributed by atoms with Crippen LogP contribution in [-0.2, 0) is 16.0 Å². The van der Waals surface area contributed by atoms with Crippen molar-refractivity contribution in [3.8, 4) is 6.07 Å². The molecule has 3 N–H and O–H groups in total. The first-order valence-electron chi connectivity index (χ1n) is 9.92. The molecule has 166 valence electrons. The minimum atomic E-state index is -1.16. The third-order valence-electron chi connectivity index (χ3n) is 4.24. The Morgan fingerprint density at radius 2 is 2.00 bits per heavy atom. The Balaban J connectivity index is 2.09. The van der Waals surface area contributed by atoms with Crippen LogP contribution in [0.1, 0.15) is 48.8 Å². The van der Waals surface area contributed by atoms with Crippen molar-refractivity contribution in [1.29, 1.82) is 5.26 Å². The van der Waals surface area contributed by atoms with Crippen molar-refractivity contribution in [3.63, 3.8) is 0 Å². The fraction of sp³-hybridized carbons (Fsp3) is 0.304. The average Bonchev–Trinajstić information content (AvgIpc) is 2.74. The number of carboxylic acids is 1. The van der Waals surface area contributed by atoms with Crippen LogP contribution in [0.2, 0.25) is 0 Å². The number of rotatable bonds is 8. The van der Waals surface area contributed by atoms with Gasteiger partial charge < -0.3 is 15.7 Å². The Morgan fingerprint density at radius 1 is 1.25 bits per heavy atom. The van der Waals surface area contributed by atoms with Gasteiger partial charge in [-0.1, -0.05) is 24.3 Å². The van der Waals surface area contributed by atoms with Crippen LogP contribution in [0.3, 0.4) is 0 Å². The summed E-state index contributed by atoms with van der Waals surface area (Å²) < 4.78 is 0. The Labute approximate surface area is 186 Å². The maximum Gasteiger partial charge on any atom is 0.326 e. The van der Waals surface area contributed by atoms with E-state index in [-0.39, 0.29) is 17.7 Å². The molecule has 1 heterocycles. The summed E-state index contributed by atoms with van der Waals surface area (Å²) in [6.45, 7) is 5.47. The van der Waals surface area contributed by atoms with E-state index in [0.29, 0.717) is 12.0 Å². The van der Waals surface area contributed by atoms with Gasteiger partial charge in [-0.05, 0) is 50.8 Å². The molecule has 1 aromatic carbocycles. The molecule has 0 aliphatic carbocycles. The van der Waals surface area contributed by atoms with Crippen molar-refractivity contribution in [2.45, 2.75) is 45.2 Å². The van der Waals surface area contributed by atoms with Crippen LogP contribution in [0.5, 0.6) is 0 Å². The number of nitrogens with one attached hydrogen (secondary N) is 2. The highest BCUT2D eigenvalue weighted by molar-refractivity contribution is 6.02. The van der Waals surface area contributed by atoms with E-state index >= 15 is 0 Å². The number of nitrogens with zero attached hydrogens (tertiary/aromatic N) is 3. The lowest BCUT2D eigenvalue weighted by atomic mass is 10.0. The van der Waals surface area contributed by atoms with Crippen LogP contribution in [0.25, 0.3) is 6.08 Å². The topological polar surface area (TPSA) is 145 Å². The second-order valence-electron chi connectivity index (χ2n) is 8.11. The Bertz CT molecular complexity index is 1050. The molecule has 32 heavy (non-hydrogen) atoms. The van der Waals surface area contributed by atoms with Gasteiger partial charge >= 0.3 is 5.97 Å². The van der Waals surface area contributed by atoms with Crippen LogP contribution < -0.4 is 10.6 Å². The lowest BCUT2D eigenvalue weighted by Crippen LogP contribution is -2.41. The van der Waals surface area contributed by atoms with Gasteiger partial charge in [-0.2, -0.15) is 5.26 Å². The summed E-state index contributed by atoms with van der Waals surface area (Å²) in [6.07, 6.45) is 6.00. The molecule has 1 atom stereocenters. The van der Waals surface area contributed by atoms with E-state index in [9.17, 15) is 24.8 Å². The van der Waals surface area contributed by atoms with E-state index in [1.54, 1.807) is 18.2 Å². The Morgan fingerprint density at radius 3 is 2.59 bits per heavy atom. The average molecular weight is 435 g/mol. The maximum absolute atomic E-state index is 12.3. The van der Waals surface area contributed by atoms with Crippen molar-refractivity contribution >= 4 is 23.9 Å². The number of amides is 2. The fourth-order valence-electron chi connectivity index (χ4n) is 2.78. The van der Waals surface area contributed by atoms with Crippen LogP contribution >= 0.6 is 0 Å². The number of aromatic nitrogens is 2. The lowest BCUT2D eigenvalue weighted by molar-refractivity contribution is -0.139.